The van der Waals surface area contributed by atoms with E-state index < -0.39 is 0 Å². The first-order chi connectivity index (χ1) is 11.7. The molecule has 5 nitrogen and oxygen atoms in total. The number of hydrogen-bond donors (Lipinski definition) is 1. The second kappa shape index (κ2) is 8.82. The number of ether oxygens (including phenoxy) is 3. The number of nitrogens with one attached hydrogen (secondary N) is 1. The number of methoxy groups -OCH3 is 2. The average Bonchev–Trinajstić information content (AvgIpc) is 2.65. The summed E-state index contributed by atoms with van der Waals surface area (Å²) in [5, 5.41) is 2.98. The molecule has 0 spiro atoms. The third-order valence-corrected chi connectivity index (χ3v) is 3.69. The predicted molar refractivity (Wildman–Crippen MR) is 92.7 cm³/mol. The minimum Gasteiger partial charge on any atom is -0.497 e. The molecule has 2 rings (SSSR count). The van der Waals surface area contributed by atoms with Gasteiger partial charge in [-0.25, -0.2) is 0 Å². The molecule has 1 N–H and O–H groups in total. The van der Waals surface area contributed by atoms with Crippen LogP contribution in [0.15, 0.2) is 48.5 Å². The van der Waals surface area contributed by atoms with Gasteiger partial charge in [-0.15, -0.1) is 0 Å². The molecule has 0 aliphatic rings. The smallest absolute Gasteiger partial charge is 0.258 e. The Balaban J connectivity index is 1.88. The highest BCUT2D eigenvalue weighted by Crippen LogP contribution is 2.20. The molecule has 0 saturated heterocycles. The predicted octanol–water partition coefficient (Wildman–Crippen LogP) is 3.35. The van der Waals surface area contributed by atoms with Crippen LogP contribution in [0.25, 0.3) is 0 Å². The van der Waals surface area contributed by atoms with E-state index in [9.17, 15) is 4.79 Å². The second-order valence-corrected chi connectivity index (χ2v) is 5.27. The minimum atomic E-state index is -0.159. The Kier molecular flexibility index (Phi) is 6.49. The largest absolute Gasteiger partial charge is 0.497 e. The third kappa shape index (κ3) is 4.91. The molecule has 0 aromatic heterocycles. The molecule has 0 unspecified atom stereocenters. The normalized spacial score (nSPS) is 11.5. The van der Waals surface area contributed by atoms with E-state index in [1.165, 1.54) is 0 Å². The minimum absolute atomic E-state index is 0.0288. The van der Waals surface area contributed by atoms with Crippen LogP contribution in [0.2, 0.25) is 0 Å². The highest BCUT2D eigenvalue weighted by atomic mass is 16.5. The Morgan fingerprint density at radius 2 is 1.42 bits per heavy atom. The van der Waals surface area contributed by atoms with Crippen LogP contribution in [0.3, 0.4) is 0 Å². The van der Waals surface area contributed by atoms with Gasteiger partial charge in [-0.2, -0.15) is 0 Å². The molecule has 0 heterocycles. The van der Waals surface area contributed by atoms with Crippen molar-refractivity contribution in [3.63, 3.8) is 0 Å². The summed E-state index contributed by atoms with van der Waals surface area (Å²) in [4.78, 5) is 12.1. The van der Waals surface area contributed by atoms with Crippen molar-refractivity contribution in [1.82, 2.24) is 5.32 Å². The zero-order valence-corrected chi connectivity index (χ0v) is 14.2. The molecule has 128 valence electrons. The van der Waals surface area contributed by atoms with Crippen LogP contribution in [0.5, 0.6) is 17.2 Å². The van der Waals surface area contributed by atoms with Gasteiger partial charge in [-0.05, 0) is 48.4 Å². The van der Waals surface area contributed by atoms with Crippen molar-refractivity contribution in [3.05, 3.63) is 54.1 Å². The first-order valence-electron chi connectivity index (χ1n) is 7.86. The third-order valence-electron chi connectivity index (χ3n) is 3.69. The van der Waals surface area contributed by atoms with Crippen LogP contribution in [0.4, 0.5) is 0 Å². The molecule has 0 saturated carbocycles. The Hall–Kier alpha value is -2.69. The lowest BCUT2D eigenvalue weighted by Gasteiger charge is -2.18. The van der Waals surface area contributed by atoms with Gasteiger partial charge >= 0.3 is 0 Å². The van der Waals surface area contributed by atoms with Gasteiger partial charge in [0, 0.05) is 0 Å². The van der Waals surface area contributed by atoms with Crippen molar-refractivity contribution in [2.24, 2.45) is 0 Å². The van der Waals surface area contributed by atoms with Gasteiger partial charge in [-0.1, -0.05) is 19.1 Å². The average molecular weight is 329 g/mol. The maximum absolute atomic E-state index is 12.1. The number of amides is 1. The van der Waals surface area contributed by atoms with Crippen LogP contribution >= 0.6 is 0 Å². The zero-order valence-electron chi connectivity index (χ0n) is 14.2. The van der Waals surface area contributed by atoms with Crippen molar-refractivity contribution < 1.29 is 19.0 Å². The molecule has 24 heavy (non-hydrogen) atoms. The summed E-state index contributed by atoms with van der Waals surface area (Å²) in [6.45, 7) is 2.00. The van der Waals surface area contributed by atoms with E-state index in [1.807, 2.05) is 31.2 Å². The summed E-state index contributed by atoms with van der Waals surface area (Å²) in [6, 6.07) is 14.8. The fourth-order valence-electron chi connectivity index (χ4n) is 2.31. The van der Waals surface area contributed by atoms with Crippen molar-refractivity contribution in [1.29, 1.82) is 0 Å². The molecule has 0 aliphatic heterocycles. The van der Waals surface area contributed by atoms with Gasteiger partial charge < -0.3 is 19.5 Å². The van der Waals surface area contributed by atoms with E-state index >= 15 is 0 Å². The molecule has 0 aliphatic carbocycles. The zero-order chi connectivity index (χ0) is 17.4. The maximum Gasteiger partial charge on any atom is 0.258 e. The highest BCUT2D eigenvalue weighted by Gasteiger charge is 2.13. The summed E-state index contributed by atoms with van der Waals surface area (Å²) in [5.74, 6) is 2.01. The van der Waals surface area contributed by atoms with Gasteiger partial charge in [0.2, 0.25) is 0 Å². The van der Waals surface area contributed by atoms with Crippen molar-refractivity contribution in [3.8, 4) is 17.2 Å². The van der Waals surface area contributed by atoms with Crippen LogP contribution in [-0.2, 0) is 4.79 Å². The number of hydrogen-bond acceptors (Lipinski definition) is 4. The lowest BCUT2D eigenvalue weighted by Crippen LogP contribution is -2.32. The second-order valence-electron chi connectivity index (χ2n) is 5.27. The fraction of sp³-hybridized carbons (Fsp3) is 0.316. The summed E-state index contributed by atoms with van der Waals surface area (Å²) in [7, 11) is 3.23. The van der Waals surface area contributed by atoms with Crippen molar-refractivity contribution in [2.75, 3.05) is 20.8 Å². The first kappa shape index (κ1) is 17.7. The van der Waals surface area contributed by atoms with Crippen LogP contribution < -0.4 is 19.5 Å². The fourth-order valence-corrected chi connectivity index (χ4v) is 2.31. The van der Waals surface area contributed by atoms with E-state index in [-0.39, 0.29) is 18.6 Å². The van der Waals surface area contributed by atoms with E-state index in [2.05, 4.69) is 5.32 Å². The number of carbonyl (C=O) groups is 1. The molecular formula is C19H23NO4. The number of carbonyl (C=O) groups excluding carboxylic acids is 1. The van der Waals surface area contributed by atoms with Gasteiger partial charge in [-0.3, -0.25) is 4.79 Å². The molecule has 0 radical (unpaired) electrons. The molecule has 5 heteroatoms. The van der Waals surface area contributed by atoms with Gasteiger partial charge in [0.25, 0.3) is 5.91 Å². The lowest BCUT2D eigenvalue weighted by molar-refractivity contribution is -0.123. The molecule has 0 fully saturated rings. The van der Waals surface area contributed by atoms with E-state index in [0.717, 1.165) is 23.5 Å². The Labute approximate surface area is 142 Å². The van der Waals surface area contributed by atoms with Crippen molar-refractivity contribution >= 4 is 5.91 Å². The quantitative estimate of drug-likeness (QED) is 0.807. The maximum atomic E-state index is 12.1. The molecule has 0 bridgehead atoms. The molecule has 1 atom stereocenters. The monoisotopic (exact) mass is 329 g/mol. The van der Waals surface area contributed by atoms with Crippen LogP contribution in [-0.4, -0.2) is 26.7 Å². The Bertz CT molecular complexity index is 637. The molecular weight excluding hydrogens is 306 g/mol. The first-order valence-corrected chi connectivity index (χ1v) is 7.86. The molecule has 2 aromatic rings. The summed E-state index contributed by atoms with van der Waals surface area (Å²) < 4.78 is 15.7. The molecule has 2 aromatic carbocycles. The van der Waals surface area contributed by atoms with Gasteiger partial charge in [0.05, 0.1) is 20.3 Å². The number of benzene rings is 2. The molecule has 1 amide bonds. The van der Waals surface area contributed by atoms with Crippen LogP contribution in [0.1, 0.15) is 24.9 Å². The lowest BCUT2D eigenvalue weighted by atomic mass is 10.0. The van der Waals surface area contributed by atoms with Crippen molar-refractivity contribution in [2.45, 2.75) is 19.4 Å². The summed E-state index contributed by atoms with van der Waals surface area (Å²) >= 11 is 0. The van der Waals surface area contributed by atoms with E-state index in [0.29, 0.717) is 5.75 Å². The standard InChI is InChI=1S/C19H23NO4/c1-4-18(14-5-7-15(22-2)8-6-14)20-19(21)13-24-17-11-9-16(23-3)10-12-17/h5-12,18H,4,13H2,1-3H3,(H,20,21)/t18-/m1/s1. The van der Waals surface area contributed by atoms with E-state index in [1.54, 1.807) is 38.5 Å². The SMILES string of the molecule is CC[C@@H](NC(=O)COc1ccc(OC)cc1)c1ccc(OC)cc1. The van der Waals surface area contributed by atoms with Gasteiger partial charge in [0.15, 0.2) is 6.61 Å². The Morgan fingerprint density at radius 1 is 0.917 bits per heavy atom. The van der Waals surface area contributed by atoms with Crippen LogP contribution in [0, 0.1) is 0 Å². The highest BCUT2D eigenvalue weighted by molar-refractivity contribution is 5.78. The van der Waals surface area contributed by atoms with E-state index in [4.69, 9.17) is 14.2 Å². The Morgan fingerprint density at radius 3 is 1.92 bits per heavy atom. The van der Waals surface area contributed by atoms with Gasteiger partial charge in [0.1, 0.15) is 17.2 Å². The number of rotatable bonds is 8. The summed E-state index contributed by atoms with van der Waals surface area (Å²) in [5.41, 5.74) is 1.04. The summed E-state index contributed by atoms with van der Waals surface area (Å²) in [6.07, 6.45) is 0.792. The topological polar surface area (TPSA) is 56.8 Å².